The molecule has 0 saturated carbocycles. The third-order valence-electron chi connectivity index (χ3n) is 3.24. The van der Waals surface area contributed by atoms with Crippen LogP contribution in [0.15, 0.2) is 36.7 Å². The van der Waals surface area contributed by atoms with Gasteiger partial charge in [-0.15, -0.1) is 10.2 Å². The van der Waals surface area contributed by atoms with Gasteiger partial charge in [0.15, 0.2) is 5.82 Å². The van der Waals surface area contributed by atoms with Crippen molar-refractivity contribution in [2.24, 2.45) is 0 Å². The van der Waals surface area contributed by atoms with Gasteiger partial charge >= 0.3 is 0 Å². The van der Waals surface area contributed by atoms with Gasteiger partial charge in [0, 0.05) is 30.3 Å². The molecule has 0 aliphatic carbocycles. The SMILES string of the molecule is COCCn1cnnc1-c1cc(C)nc2ccccc12. The van der Waals surface area contributed by atoms with E-state index in [1.807, 2.05) is 29.7 Å². The second-order valence-corrected chi connectivity index (χ2v) is 4.67. The predicted octanol–water partition coefficient (Wildman–Crippen LogP) is 2.45. The highest BCUT2D eigenvalue weighted by molar-refractivity contribution is 5.92. The van der Waals surface area contributed by atoms with Gasteiger partial charge in [0.25, 0.3) is 0 Å². The Balaban J connectivity index is 2.17. The van der Waals surface area contributed by atoms with Crippen LogP contribution in [0.25, 0.3) is 22.3 Å². The maximum atomic E-state index is 5.13. The molecule has 0 spiro atoms. The van der Waals surface area contributed by atoms with Crippen molar-refractivity contribution >= 4 is 10.9 Å². The van der Waals surface area contributed by atoms with Gasteiger partial charge in [-0.2, -0.15) is 0 Å². The van der Waals surface area contributed by atoms with Crippen LogP contribution in [-0.4, -0.2) is 33.5 Å². The molecule has 20 heavy (non-hydrogen) atoms. The van der Waals surface area contributed by atoms with Crippen LogP contribution in [0.1, 0.15) is 5.69 Å². The normalized spacial score (nSPS) is 11.1. The minimum absolute atomic E-state index is 0.632. The highest BCUT2D eigenvalue weighted by Gasteiger charge is 2.12. The fraction of sp³-hybridized carbons (Fsp3) is 0.267. The first kappa shape index (κ1) is 12.7. The van der Waals surface area contributed by atoms with E-state index in [4.69, 9.17) is 4.74 Å². The van der Waals surface area contributed by atoms with E-state index in [1.165, 1.54) is 0 Å². The summed E-state index contributed by atoms with van der Waals surface area (Å²) in [4.78, 5) is 4.56. The second-order valence-electron chi connectivity index (χ2n) is 4.67. The van der Waals surface area contributed by atoms with E-state index in [0.717, 1.165) is 34.5 Å². The van der Waals surface area contributed by atoms with Gasteiger partial charge in [-0.3, -0.25) is 4.98 Å². The van der Waals surface area contributed by atoms with Crippen LogP contribution < -0.4 is 0 Å². The molecule has 5 heteroatoms. The molecule has 3 rings (SSSR count). The van der Waals surface area contributed by atoms with Crippen molar-refractivity contribution in [2.45, 2.75) is 13.5 Å². The van der Waals surface area contributed by atoms with Gasteiger partial charge in [0.2, 0.25) is 0 Å². The van der Waals surface area contributed by atoms with Crippen LogP contribution in [0, 0.1) is 6.92 Å². The maximum absolute atomic E-state index is 5.13. The Morgan fingerprint density at radius 3 is 2.95 bits per heavy atom. The predicted molar refractivity (Wildman–Crippen MR) is 77.4 cm³/mol. The molecule has 0 unspecified atom stereocenters. The van der Waals surface area contributed by atoms with Crippen molar-refractivity contribution in [3.05, 3.63) is 42.4 Å². The van der Waals surface area contributed by atoms with Gasteiger partial charge in [0.05, 0.1) is 12.1 Å². The molecule has 0 aliphatic heterocycles. The van der Waals surface area contributed by atoms with Crippen molar-refractivity contribution in [3.8, 4) is 11.4 Å². The van der Waals surface area contributed by atoms with Crippen LogP contribution in [0.5, 0.6) is 0 Å². The first-order valence-corrected chi connectivity index (χ1v) is 6.53. The number of aromatic nitrogens is 4. The highest BCUT2D eigenvalue weighted by atomic mass is 16.5. The number of benzene rings is 1. The molecule has 2 heterocycles. The van der Waals surface area contributed by atoms with E-state index in [1.54, 1.807) is 13.4 Å². The lowest BCUT2D eigenvalue weighted by molar-refractivity contribution is 0.187. The number of methoxy groups -OCH3 is 1. The van der Waals surface area contributed by atoms with E-state index in [2.05, 4.69) is 27.3 Å². The Morgan fingerprint density at radius 2 is 2.10 bits per heavy atom. The number of para-hydroxylation sites is 1. The van der Waals surface area contributed by atoms with E-state index in [9.17, 15) is 0 Å². The molecule has 0 radical (unpaired) electrons. The van der Waals surface area contributed by atoms with Crippen molar-refractivity contribution in [2.75, 3.05) is 13.7 Å². The minimum Gasteiger partial charge on any atom is -0.383 e. The zero-order valence-corrected chi connectivity index (χ0v) is 11.6. The topological polar surface area (TPSA) is 52.8 Å². The Hall–Kier alpha value is -2.27. The van der Waals surface area contributed by atoms with Gasteiger partial charge in [0.1, 0.15) is 6.33 Å². The molecule has 0 amide bonds. The third-order valence-corrected chi connectivity index (χ3v) is 3.24. The number of hydrogen-bond acceptors (Lipinski definition) is 4. The van der Waals surface area contributed by atoms with Crippen molar-refractivity contribution in [3.63, 3.8) is 0 Å². The molecule has 0 bridgehead atoms. The molecule has 2 aromatic heterocycles. The zero-order valence-electron chi connectivity index (χ0n) is 11.6. The molecule has 0 atom stereocenters. The number of hydrogen-bond donors (Lipinski definition) is 0. The van der Waals surface area contributed by atoms with Crippen molar-refractivity contribution in [1.82, 2.24) is 19.7 Å². The monoisotopic (exact) mass is 268 g/mol. The standard InChI is InChI=1S/C15H16N4O/c1-11-9-13(12-5-3-4-6-14(12)17-11)15-18-16-10-19(15)7-8-20-2/h3-6,9-10H,7-8H2,1-2H3. The summed E-state index contributed by atoms with van der Waals surface area (Å²) in [7, 11) is 1.69. The van der Waals surface area contributed by atoms with E-state index >= 15 is 0 Å². The molecular formula is C15H16N4O. The Bertz CT molecular complexity index is 736. The Morgan fingerprint density at radius 1 is 1.25 bits per heavy atom. The fourth-order valence-corrected chi connectivity index (χ4v) is 2.31. The summed E-state index contributed by atoms with van der Waals surface area (Å²) in [6.07, 6.45) is 1.74. The zero-order chi connectivity index (χ0) is 13.9. The molecule has 0 aliphatic rings. The number of rotatable bonds is 4. The summed E-state index contributed by atoms with van der Waals surface area (Å²) in [6, 6.07) is 10.1. The number of ether oxygens (including phenoxy) is 1. The summed E-state index contributed by atoms with van der Waals surface area (Å²) in [5, 5.41) is 9.37. The average Bonchev–Trinajstić information content (AvgIpc) is 2.92. The molecule has 1 aromatic carbocycles. The molecule has 3 aromatic rings. The first-order valence-electron chi connectivity index (χ1n) is 6.53. The van der Waals surface area contributed by atoms with E-state index in [0.29, 0.717) is 6.61 Å². The van der Waals surface area contributed by atoms with Gasteiger partial charge in [-0.25, -0.2) is 0 Å². The summed E-state index contributed by atoms with van der Waals surface area (Å²) in [5.74, 6) is 0.851. The first-order chi connectivity index (χ1) is 9.79. The smallest absolute Gasteiger partial charge is 0.164 e. The number of fused-ring (bicyclic) bond motifs is 1. The fourth-order valence-electron chi connectivity index (χ4n) is 2.31. The maximum Gasteiger partial charge on any atom is 0.164 e. The van der Waals surface area contributed by atoms with Crippen LogP contribution in [0.2, 0.25) is 0 Å². The largest absolute Gasteiger partial charge is 0.383 e. The molecule has 0 N–H and O–H groups in total. The van der Waals surface area contributed by atoms with Crippen molar-refractivity contribution in [1.29, 1.82) is 0 Å². The molecule has 102 valence electrons. The highest BCUT2D eigenvalue weighted by Crippen LogP contribution is 2.26. The van der Waals surface area contributed by atoms with Crippen LogP contribution >= 0.6 is 0 Å². The molecule has 0 saturated heterocycles. The molecular weight excluding hydrogens is 252 g/mol. The average molecular weight is 268 g/mol. The molecule has 5 nitrogen and oxygen atoms in total. The lowest BCUT2D eigenvalue weighted by Crippen LogP contribution is -2.05. The van der Waals surface area contributed by atoms with Gasteiger partial charge in [-0.05, 0) is 19.1 Å². The minimum atomic E-state index is 0.632. The van der Waals surface area contributed by atoms with Crippen molar-refractivity contribution < 1.29 is 4.74 Å². The third kappa shape index (κ3) is 2.28. The van der Waals surface area contributed by atoms with Crippen LogP contribution in [-0.2, 0) is 11.3 Å². The number of pyridine rings is 1. The Labute approximate surface area is 117 Å². The van der Waals surface area contributed by atoms with Crippen LogP contribution in [0.4, 0.5) is 0 Å². The molecule has 0 fully saturated rings. The number of nitrogens with zero attached hydrogens (tertiary/aromatic N) is 4. The summed E-state index contributed by atoms with van der Waals surface area (Å²) >= 11 is 0. The lowest BCUT2D eigenvalue weighted by Gasteiger charge is -2.09. The van der Waals surface area contributed by atoms with Gasteiger partial charge < -0.3 is 9.30 Å². The quantitative estimate of drug-likeness (QED) is 0.729. The number of aryl methyl sites for hydroxylation is 1. The lowest BCUT2D eigenvalue weighted by atomic mass is 10.1. The summed E-state index contributed by atoms with van der Waals surface area (Å²) in [6.45, 7) is 3.35. The van der Waals surface area contributed by atoms with Crippen LogP contribution in [0.3, 0.4) is 0 Å². The van der Waals surface area contributed by atoms with Gasteiger partial charge in [-0.1, -0.05) is 18.2 Å². The van der Waals surface area contributed by atoms with E-state index < -0.39 is 0 Å². The summed E-state index contributed by atoms with van der Waals surface area (Å²) < 4.78 is 7.13. The van der Waals surface area contributed by atoms with E-state index in [-0.39, 0.29) is 0 Å². The Kier molecular flexibility index (Phi) is 3.43. The second kappa shape index (κ2) is 5.38. The summed E-state index contributed by atoms with van der Waals surface area (Å²) in [5.41, 5.74) is 3.01.